The molecule has 1 aliphatic heterocycles. The van der Waals surface area contributed by atoms with Gasteiger partial charge < -0.3 is 8.85 Å². The molecule has 1 rings (SSSR count). The van der Waals surface area contributed by atoms with Crippen LogP contribution in [0.3, 0.4) is 0 Å². The standard InChI is InChI=1S/C10H23NO2Si/c1-4-10-14(12-2,13-3)11-8-6-5-7-9-11/h4-10H2,1-3H3. The maximum Gasteiger partial charge on any atom is 0.427 e. The van der Waals surface area contributed by atoms with Gasteiger partial charge in [0.05, 0.1) is 0 Å². The van der Waals surface area contributed by atoms with Gasteiger partial charge in [-0.3, -0.25) is 4.57 Å². The first-order valence-electron chi connectivity index (χ1n) is 5.64. The van der Waals surface area contributed by atoms with Crippen molar-refractivity contribution in [3.05, 3.63) is 0 Å². The third-order valence-electron chi connectivity index (χ3n) is 3.04. The van der Waals surface area contributed by atoms with E-state index in [0.29, 0.717) is 0 Å². The highest BCUT2D eigenvalue weighted by Gasteiger charge is 2.42. The Hall–Kier alpha value is 0.0969. The van der Waals surface area contributed by atoms with Crippen molar-refractivity contribution in [1.82, 2.24) is 4.57 Å². The molecule has 0 aromatic rings. The van der Waals surface area contributed by atoms with Crippen molar-refractivity contribution in [2.24, 2.45) is 0 Å². The lowest BCUT2D eigenvalue weighted by atomic mass is 10.2. The zero-order chi connectivity index (χ0) is 10.4. The van der Waals surface area contributed by atoms with Crippen LogP contribution < -0.4 is 0 Å². The lowest BCUT2D eigenvalue weighted by Gasteiger charge is -2.40. The van der Waals surface area contributed by atoms with E-state index in [2.05, 4.69) is 11.5 Å². The molecule has 1 aliphatic rings. The Morgan fingerprint density at radius 1 is 1.07 bits per heavy atom. The molecule has 0 aromatic heterocycles. The minimum Gasteiger partial charge on any atom is -0.386 e. The number of hydrogen-bond donors (Lipinski definition) is 0. The van der Waals surface area contributed by atoms with Gasteiger partial charge in [-0.25, -0.2) is 0 Å². The summed E-state index contributed by atoms with van der Waals surface area (Å²) in [6.45, 7) is 4.52. The third kappa shape index (κ3) is 2.57. The highest BCUT2D eigenvalue weighted by atomic mass is 28.4. The number of piperidine rings is 1. The zero-order valence-corrected chi connectivity index (χ0v) is 10.7. The second kappa shape index (κ2) is 5.85. The van der Waals surface area contributed by atoms with Crippen molar-refractivity contribution in [2.45, 2.75) is 38.7 Å². The van der Waals surface area contributed by atoms with Gasteiger partial charge in [-0.15, -0.1) is 0 Å². The van der Waals surface area contributed by atoms with Crippen molar-refractivity contribution in [3.8, 4) is 0 Å². The molecule has 3 nitrogen and oxygen atoms in total. The Bertz CT molecular complexity index is 156. The van der Waals surface area contributed by atoms with Crippen LogP contribution in [0.2, 0.25) is 6.04 Å². The molecule has 1 saturated heterocycles. The topological polar surface area (TPSA) is 21.7 Å². The first-order valence-corrected chi connectivity index (χ1v) is 7.61. The van der Waals surface area contributed by atoms with E-state index in [-0.39, 0.29) is 0 Å². The third-order valence-corrected chi connectivity index (χ3v) is 6.86. The maximum atomic E-state index is 5.71. The molecule has 0 bridgehead atoms. The lowest BCUT2D eigenvalue weighted by Crippen LogP contribution is -2.58. The summed E-state index contributed by atoms with van der Waals surface area (Å²) in [6.07, 6.45) is 5.10. The summed E-state index contributed by atoms with van der Waals surface area (Å²) in [6, 6.07) is 1.08. The highest BCUT2D eigenvalue weighted by Crippen LogP contribution is 2.23. The molecule has 0 N–H and O–H groups in total. The molecular weight excluding hydrogens is 194 g/mol. The smallest absolute Gasteiger partial charge is 0.386 e. The fourth-order valence-electron chi connectivity index (χ4n) is 2.25. The second-order valence-electron chi connectivity index (χ2n) is 3.92. The Kier molecular flexibility index (Phi) is 5.09. The summed E-state index contributed by atoms with van der Waals surface area (Å²) in [5, 5.41) is 0. The van der Waals surface area contributed by atoms with Gasteiger partial charge in [-0.2, -0.15) is 0 Å². The van der Waals surface area contributed by atoms with Crippen molar-refractivity contribution in [1.29, 1.82) is 0 Å². The van der Waals surface area contributed by atoms with Gasteiger partial charge in [-0.05, 0) is 25.9 Å². The minimum absolute atomic E-state index is 1.08. The Balaban J connectivity index is 2.62. The van der Waals surface area contributed by atoms with Crippen molar-refractivity contribution >= 4 is 8.72 Å². The minimum atomic E-state index is -2.01. The fraction of sp³-hybridized carbons (Fsp3) is 1.00. The van der Waals surface area contributed by atoms with E-state index < -0.39 is 8.72 Å². The monoisotopic (exact) mass is 217 g/mol. The van der Waals surface area contributed by atoms with E-state index in [1.807, 2.05) is 0 Å². The van der Waals surface area contributed by atoms with E-state index in [0.717, 1.165) is 25.6 Å². The van der Waals surface area contributed by atoms with Gasteiger partial charge in [-0.1, -0.05) is 19.8 Å². The van der Waals surface area contributed by atoms with Crippen LogP contribution >= 0.6 is 0 Å². The average Bonchev–Trinajstić information content (AvgIpc) is 2.27. The molecule has 0 unspecified atom stereocenters. The van der Waals surface area contributed by atoms with Crippen LogP contribution in [0.5, 0.6) is 0 Å². The molecule has 0 amide bonds. The van der Waals surface area contributed by atoms with Crippen LogP contribution in [0.1, 0.15) is 32.6 Å². The lowest BCUT2D eigenvalue weighted by molar-refractivity contribution is 0.148. The zero-order valence-electron chi connectivity index (χ0n) is 9.71. The summed E-state index contributed by atoms with van der Waals surface area (Å²) in [4.78, 5) is 0. The van der Waals surface area contributed by atoms with Gasteiger partial charge >= 0.3 is 8.72 Å². The van der Waals surface area contributed by atoms with Crippen molar-refractivity contribution in [3.63, 3.8) is 0 Å². The second-order valence-corrected chi connectivity index (χ2v) is 7.29. The predicted molar refractivity (Wildman–Crippen MR) is 60.3 cm³/mol. The van der Waals surface area contributed by atoms with Gasteiger partial charge in [0, 0.05) is 20.3 Å². The van der Waals surface area contributed by atoms with Crippen molar-refractivity contribution < 1.29 is 8.85 Å². The molecule has 4 heteroatoms. The van der Waals surface area contributed by atoms with E-state index in [1.165, 1.54) is 19.3 Å². The molecule has 0 aliphatic carbocycles. The van der Waals surface area contributed by atoms with Crippen LogP contribution in [0.15, 0.2) is 0 Å². The van der Waals surface area contributed by atoms with Crippen LogP contribution in [-0.2, 0) is 8.85 Å². The molecule has 1 fully saturated rings. The van der Waals surface area contributed by atoms with Crippen LogP contribution in [0.25, 0.3) is 0 Å². The van der Waals surface area contributed by atoms with Gasteiger partial charge in [0.15, 0.2) is 0 Å². The fourth-order valence-corrected chi connectivity index (χ4v) is 5.29. The Morgan fingerprint density at radius 2 is 1.64 bits per heavy atom. The number of hydrogen-bond acceptors (Lipinski definition) is 3. The van der Waals surface area contributed by atoms with E-state index in [4.69, 9.17) is 8.85 Å². The quantitative estimate of drug-likeness (QED) is 0.658. The summed E-state index contributed by atoms with van der Waals surface area (Å²) >= 11 is 0. The van der Waals surface area contributed by atoms with Crippen LogP contribution in [-0.4, -0.2) is 40.6 Å². The molecule has 0 spiro atoms. The molecule has 0 aromatic carbocycles. The SMILES string of the molecule is CCC[Si](OC)(OC)N1CCCCC1. The van der Waals surface area contributed by atoms with Crippen LogP contribution in [0, 0.1) is 0 Å². The Morgan fingerprint density at radius 3 is 2.07 bits per heavy atom. The molecular formula is C10H23NO2Si. The van der Waals surface area contributed by atoms with Gasteiger partial charge in [0.2, 0.25) is 0 Å². The molecule has 84 valence electrons. The van der Waals surface area contributed by atoms with Gasteiger partial charge in [0.1, 0.15) is 0 Å². The first kappa shape index (κ1) is 12.2. The van der Waals surface area contributed by atoms with E-state index >= 15 is 0 Å². The predicted octanol–water partition coefficient (Wildman–Crippen LogP) is 2.11. The number of rotatable bonds is 5. The molecule has 1 heterocycles. The Labute approximate surface area is 88.7 Å². The molecule has 14 heavy (non-hydrogen) atoms. The summed E-state index contributed by atoms with van der Waals surface area (Å²) in [5.41, 5.74) is 0. The van der Waals surface area contributed by atoms with Crippen molar-refractivity contribution in [2.75, 3.05) is 27.3 Å². The van der Waals surface area contributed by atoms with E-state index in [1.54, 1.807) is 14.2 Å². The largest absolute Gasteiger partial charge is 0.427 e. The average molecular weight is 217 g/mol. The molecule has 0 saturated carbocycles. The first-order chi connectivity index (χ1) is 6.79. The summed E-state index contributed by atoms with van der Waals surface area (Å²) < 4.78 is 13.9. The maximum absolute atomic E-state index is 5.71. The van der Waals surface area contributed by atoms with E-state index in [9.17, 15) is 0 Å². The summed E-state index contributed by atoms with van der Waals surface area (Å²) in [7, 11) is 1.60. The normalized spacial score (nSPS) is 19.9. The molecule has 0 atom stereocenters. The number of nitrogens with zero attached hydrogens (tertiary/aromatic N) is 1. The van der Waals surface area contributed by atoms with Gasteiger partial charge in [0.25, 0.3) is 0 Å². The molecule has 0 radical (unpaired) electrons. The van der Waals surface area contributed by atoms with Crippen LogP contribution in [0.4, 0.5) is 0 Å². The summed E-state index contributed by atoms with van der Waals surface area (Å²) in [5.74, 6) is 0. The highest BCUT2D eigenvalue weighted by molar-refractivity contribution is 6.64.